The number of nitrogens with one attached hydrogen (secondary N) is 1. The lowest BCUT2D eigenvalue weighted by Crippen LogP contribution is -2.45. The molecule has 1 aromatic rings. The van der Waals surface area contributed by atoms with E-state index in [0.717, 1.165) is 23.5 Å². The van der Waals surface area contributed by atoms with Gasteiger partial charge in [-0.05, 0) is 12.8 Å². The van der Waals surface area contributed by atoms with Crippen molar-refractivity contribution in [1.29, 1.82) is 0 Å². The minimum absolute atomic E-state index is 0.0624. The molecule has 1 aromatic heterocycles. The highest BCUT2D eigenvalue weighted by Crippen LogP contribution is 2.09. The number of hydrogen-bond donors (Lipinski definition) is 2. The second kappa shape index (κ2) is 6.71. The van der Waals surface area contributed by atoms with Gasteiger partial charge in [0, 0.05) is 24.0 Å². The van der Waals surface area contributed by atoms with Crippen LogP contribution in [0.1, 0.15) is 31.0 Å². The molecule has 0 aromatic carbocycles. The maximum absolute atomic E-state index is 11.7. The van der Waals surface area contributed by atoms with Gasteiger partial charge in [0.2, 0.25) is 5.91 Å². The summed E-state index contributed by atoms with van der Waals surface area (Å²) in [6.45, 7) is 6.61. The van der Waals surface area contributed by atoms with Crippen molar-refractivity contribution in [3.05, 3.63) is 16.1 Å². The highest BCUT2D eigenvalue weighted by molar-refractivity contribution is 7.09. The van der Waals surface area contributed by atoms with Crippen molar-refractivity contribution in [2.24, 2.45) is 11.7 Å². The van der Waals surface area contributed by atoms with E-state index >= 15 is 0 Å². The summed E-state index contributed by atoms with van der Waals surface area (Å²) in [6, 6.07) is -0.405. The monoisotopic (exact) mass is 255 g/mol. The van der Waals surface area contributed by atoms with Crippen molar-refractivity contribution < 1.29 is 4.79 Å². The zero-order valence-corrected chi connectivity index (χ0v) is 11.5. The summed E-state index contributed by atoms with van der Waals surface area (Å²) in [5, 5.41) is 5.93. The molecule has 0 aliphatic rings. The summed E-state index contributed by atoms with van der Waals surface area (Å²) >= 11 is 1.63. The number of rotatable bonds is 6. The largest absolute Gasteiger partial charge is 0.354 e. The number of aromatic nitrogens is 1. The summed E-state index contributed by atoms with van der Waals surface area (Å²) < 4.78 is 0. The highest BCUT2D eigenvalue weighted by atomic mass is 32.1. The Bertz CT molecular complexity index is 364. The van der Waals surface area contributed by atoms with E-state index in [0.29, 0.717) is 6.54 Å². The molecular weight excluding hydrogens is 234 g/mol. The highest BCUT2D eigenvalue weighted by Gasteiger charge is 2.18. The van der Waals surface area contributed by atoms with Crippen molar-refractivity contribution in [1.82, 2.24) is 10.3 Å². The average Bonchev–Trinajstić information content (AvgIpc) is 2.72. The molecule has 96 valence electrons. The molecule has 0 bridgehead atoms. The second-order valence-corrected chi connectivity index (χ2v) is 5.28. The maximum atomic E-state index is 11.7. The number of nitrogens with two attached hydrogens (primary N) is 1. The van der Waals surface area contributed by atoms with Crippen LogP contribution in [0.25, 0.3) is 0 Å². The van der Waals surface area contributed by atoms with E-state index in [4.69, 9.17) is 5.73 Å². The number of aryl methyl sites for hydroxylation is 1. The van der Waals surface area contributed by atoms with Gasteiger partial charge in [-0.3, -0.25) is 4.79 Å². The minimum atomic E-state index is -0.405. The molecule has 0 aliphatic carbocycles. The topological polar surface area (TPSA) is 68.0 Å². The summed E-state index contributed by atoms with van der Waals surface area (Å²) in [5.41, 5.74) is 6.86. The van der Waals surface area contributed by atoms with Crippen LogP contribution in [-0.2, 0) is 11.2 Å². The predicted molar refractivity (Wildman–Crippen MR) is 71.0 cm³/mol. The molecule has 0 saturated heterocycles. The van der Waals surface area contributed by atoms with Crippen molar-refractivity contribution in [3.8, 4) is 0 Å². The maximum Gasteiger partial charge on any atom is 0.237 e. The summed E-state index contributed by atoms with van der Waals surface area (Å²) in [4.78, 5) is 16.0. The molecular formula is C12H21N3OS. The van der Waals surface area contributed by atoms with E-state index in [-0.39, 0.29) is 11.8 Å². The molecule has 0 fully saturated rings. The first-order valence-electron chi connectivity index (χ1n) is 5.98. The van der Waals surface area contributed by atoms with Crippen LogP contribution in [-0.4, -0.2) is 23.5 Å². The predicted octanol–water partition coefficient (Wildman–Crippen LogP) is 1.48. The molecule has 1 heterocycles. The van der Waals surface area contributed by atoms with Crippen LogP contribution in [0.3, 0.4) is 0 Å². The number of carbonyl (C=O) groups excluding carboxylic acids is 1. The lowest BCUT2D eigenvalue weighted by Gasteiger charge is -2.17. The normalized spacial score (nSPS) is 14.4. The van der Waals surface area contributed by atoms with Gasteiger partial charge in [-0.15, -0.1) is 11.3 Å². The molecule has 0 aliphatic heterocycles. The molecule has 4 nitrogen and oxygen atoms in total. The molecule has 0 saturated carbocycles. The van der Waals surface area contributed by atoms with E-state index in [1.165, 1.54) is 0 Å². The van der Waals surface area contributed by atoms with Gasteiger partial charge in [0.1, 0.15) is 0 Å². The molecule has 17 heavy (non-hydrogen) atoms. The third-order valence-corrected chi connectivity index (χ3v) is 3.89. The van der Waals surface area contributed by atoms with Gasteiger partial charge < -0.3 is 11.1 Å². The molecule has 3 N–H and O–H groups in total. The molecule has 0 spiro atoms. The van der Waals surface area contributed by atoms with Crippen molar-refractivity contribution in [3.63, 3.8) is 0 Å². The zero-order chi connectivity index (χ0) is 12.8. The van der Waals surface area contributed by atoms with Gasteiger partial charge >= 0.3 is 0 Å². The van der Waals surface area contributed by atoms with Gasteiger partial charge in [-0.25, -0.2) is 4.98 Å². The standard InChI is InChI=1S/C12H21N3OS/c1-4-8(2)11(13)12(16)14-6-5-10-15-9(3)7-17-10/h7-8,11H,4-6,13H2,1-3H3,(H,14,16)/t8-,11-/m0/s1. The second-order valence-electron chi connectivity index (χ2n) is 4.33. The third kappa shape index (κ3) is 4.44. The number of hydrogen-bond acceptors (Lipinski definition) is 4. The summed E-state index contributed by atoms with van der Waals surface area (Å²) in [6.07, 6.45) is 1.69. The Balaban J connectivity index is 2.29. The number of thiazole rings is 1. The number of nitrogens with zero attached hydrogens (tertiary/aromatic N) is 1. The van der Waals surface area contributed by atoms with Crippen molar-refractivity contribution in [2.75, 3.05) is 6.54 Å². The van der Waals surface area contributed by atoms with Crippen LogP contribution in [0, 0.1) is 12.8 Å². The number of amides is 1. The fourth-order valence-electron chi connectivity index (χ4n) is 1.44. The van der Waals surface area contributed by atoms with Gasteiger partial charge in [0.15, 0.2) is 0 Å². The fourth-order valence-corrected chi connectivity index (χ4v) is 2.22. The Hall–Kier alpha value is -0.940. The van der Waals surface area contributed by atoms with E-state index in [1.54, 1.807) is 11.3 Å². The Morgan fingerprint density at radius 1 is 1.65 bits per heavy atom. The van der Waals surface area contributed by atoms with Gasteiger partial charge in [-0.2, -0.15) is 0 Å². The lowest BCUT2D eigenvalue weighted by atomic mass is 9.99. The zero-order valence-electron chi connectivity index (χ0n) is 10.7. The molecule has 1 amide bonds. The first-order chi connectivity index (χ1) is 8.04. The van der Waals surface area contributed by atoms with Crippen LogP contribution < -0.4 is 11.1 Å². The lowest BCUT2D eigenvalue weighted by molar-refractivity contribution is -0.123. The van der Waals surface area contributed by atoms with Crippen LogP contribution >= 0.6 is 11.3 Å². The third-order valence-electron chi connectivity index (χ3n) is 2.86. The molecule has 0 radical (unpaired) electrons. The first kappa shape index (κ1) is 14.1. The first-order valence-corrected chi connectivity index (χ1v) is 6.86. The van der Waals surface area contributed by atoms with Gasteiger partial charge in [0.25, 0.3) is 0 Å². The molecule has 0 unspecified atom stereocenters. The smallest absolute Gasteiger partial charge is 0.237 e. The van der Waals surface area contributed by atoms with Gasteiger partial charge in [-0.1, -0.05) is 20.3 Å². The van der Waals surface area contributed by atoms with Crippen LogP contribution in [0.5, 0.6) is 0 Å². The quantitative estimate of drug-likeness (QED) is 0.809. The number of carbonyl (C=O) groups is 1. The van der Waals surface area contributed by atoms with Crippen LogP contribution in [0.2, 0.25) is 0 Å². The van der Waals surface area contributed by atoms with Crippen LogP contribution in [0.4, 0.5) is 0 Å². The van der Waals surface area contributed by atoms with E-state index in [9.17, 15) is 4.79 Å². The summed E-state index contributed by atoms with van der Waals surface area (Å²) in [5.74, 6) is 0.157. The van der Waals surface area contributed by atoms with Crippen molar-refractivity contribution >= 4 is 17.2 Å². The Labute approximate surface area is 107 Å². The minimum Gasteiger partial charge on any atom is -0.354 e. The fraction of sp³-hybridized carbons (Fsp3) is 0.667. The van der Waals surface area contributed by atoms with E-state index in [2.05, 4.69) is 10.3 Å². The summed E-state index contributed by atoms with van der Waals surface area (Å²) in [7, 11) is 0. The SMILES string of the molecule is CC[C@H](C)[C@H](N)C(=O)NCCc1nc(C)cs1. The van der Waals surface area contributed by atoms with Crippen LogP contribution in [0.15, 0.2) is 5.38 Å². The molecule has 2 atom stereocenters. The van der Waals surface area contributed by atoms with Crippen molar-refractivity contribution in [2.45, 2.75) is 39.7 Å². The van der Waals surface area contributed by atoms with E-state index in [1.807, 2.05) is 26.2 Å². The van der Waals surface area contributed by atoms with E-state index < -0.39 is 6.04 Å². The average molecular weight is 255 g/mol. The Morgan fingerprint density at radius 3 is 2.88 bits per heavy atom. The molecule has 1 rings (SSSR count). The Kier molecular flexibility index (Phi) is 5.58. The van der Waals surface area contributed by atoms with Gasteiger partial charge in [0.05, 0.1) is 11.0 Å². The Morgan fingerprint density at radius 2 is 2.35 bits per heavy atom. The molecule has 5 heteroatoms.